The summed E-state index contributed by atoms with van der Waals surface area (Å²) in [6, 6.07) is 3.44. The van der Waals surface area contributed by atoms with Gasteiger partial charge in [-0.3, -0.25) is 0 Å². The van der Waals surface area contributed by atoms with Crippen molar-refractivity contribution < 1.29 is 0 Å². The molecule has 3 nitrogen and oxygen atoms in total. The highest BCUT2D eigenvalue weighted by Gasteiger charge is 2.26. The van der Waals surface area contributed by atoms with Gasteiger partial charge in [0, 0.05) is 18.6 Å². The Morgan fingerprint density at radius 1 is 1.21 bits per heavy atom. The topological polar surface area (TPSA) is 39.1 Å². The number of rotatable bonds is 6. The van der Waals surface area contributed by atoms with Crippen LogP contribution in [0, 0.1) is 23.2 Å². The van der Waals surface area contributed by atoms with Crippen molar-refractivity contribution in [2.45, 2.75) is 64.5 Å². The first kappa shape index (κ1) is 16.5. The van der Waals surface area contributed by atoms with E-state index in [4.69, 9.17) is 0 Å². The molecule has 0 amide bonds. The third-order valence-electron chi connectivity index (χ3n) is 3.97. The monoisotopic (exact) mass is 265 g/mol. The van der Waals surface area contributed by atoms with E-state index in [1.807, 2.05) is 0 Å². The summed E-state index contributed by atoms with van der Waals surface area (Å²) in [6.45, 7) is 5.62. The minimum Gasteiger partial charge on any atom is -0.309 e. The fourth-order valence-electron chi connectivity index (χ4n) is 3.17. The van der Waals surface area contributed by atoms with Crippen molar-refractivity contribution in [3.8, 4) is 6.07 Å². The Bertz CT molecular complexity index is 270. The fourth-order valence-corrected chi connectivity index (χ4v) is 3.17. The summed E-state index contributed by atoms with van der Waals surface area (Å²) in [4.78, 5) is 2.25. The number of nitrogens with zero attached hydrogens (tertiary/aromatic N) is 2. The molecule has 0 spiro atoms. The number of nitrogens with one attached hydrogen (secondary N) is 1. The number of hydrogen-bond donors (Lipinski definition) is 1. The molecule has 19 heavy (non-hydrogen) atoms. The lowest BCUT2D eigenvalue weighted by atomic mass is 9.94. The van der Waals surface area contributed by atoms with Gasteiger partial charge in [0.25, 0.3) is 0 Å². The van der Waals surface area contributed by atoms with Crippen LogP contribution in [0.2, 0.25) is 0 Å². The molecule has 0 aromatic rings. The predicted molar refractivity (Wildman–Crippen MR) is 80.9 cm³/mol. The van der Waals surface area contributed by atoms with E-state index in [1.54, 1.807) is 0 Å². The van der Waals surface area contributed by atoms with E-state index in [9.17, 15) is 5.26 Å². The summed E-state index contributed by atoms with van der Waals surface area (Å²) in [5, 5.41) is 13.2. The van der Waals surface area contributed by atoms with E-state index in [-0.39, 0.29) is 5.92 Å². The molecule has 0 aromatic carbocycles. The first-order valence-electron chi connectivity index (χ1n) is 7.83. The maximum atomic E-state index is 9.36. The van der Waals surface area contributed by atoms with Crippen LogP contribution in [0.5, 0.6) is 0 Å². The standard InChI is InChI=1S/C16H31N3/c1-13(2)10-15(12-19(3)4)18-16-9-7-5-6-8-14(16)11-17/h13-16,18H,5-10,12H2,1-4H3. The van der Waals surface area contributed by atoms with E-state index < -0.39 is 0 Å². The Morgan fingerprint density at radius 3 is 2.47 bits per heavy atom. The van der Waals surface area contributed by atoms with Gasteiger partial charge in [0.1, 0.15) is 0 Å². The van der Waals surface area contributed by atoms with Crippen molar-refractivity contribution in [1.29, 1.82) is 5.26 Å². The SMILES string of the molecule is CC(C)CC(CN(C)C)NC1CCCCCC1C#N. The summed E-state index contributed by atoms with van der Waals surface area (Å²) < 4.78 is 0. The maximum absolute atomic E-state index is 9.36. The lowest BCUT2D eigenvalue weighted by molar-refractivity contribution is 0.262. The minimum absolute atomic E-state index is 0.208. The van der Waals surface area contributed by atoms with Crippen LogP contribution in [0.15, 0.2) is 0 Å². The quantitative estimate of drug-likeness (QED) is 0.750. The largest absolute Gasteiger partial charge is 0.309 e. The van der Waals surface area contributed by atoms with E-state index >= 15 is 0 Å². The van der Waals surface area contributed by atoms with Crippen LogP contribution in [0.1, 0.15) is 52.4 Å². The predicted octanol–water partition coefficient (Wildman–Crippen LogP) is 3.02. The minimum atomic E-state index is 0.208. The molecule has 110 valence electrons. The maximum Gasteiger partial charge on any atom is 0.0672 e. The Morgan fingerprint density at radius 2 is 1.89 bits per heavy atom. The molecule has 3 atom stereocenters. The Hall–Kier alpha value is -0.590. The number of likely N-dealkylation sites (N-methyl/N-ethyl adjacent to an activating group) is 1. The van der Waals surface area contributed by atoms with E-state index in [0.29, 0.717) is 18.0 Å². The molecule has 0 saturated heterocycles. The van der Waals surface area contributed by atoms with E-state index in [0.717, 1.165) is 13.0 Å². The molecular weight excluding hydrogens is 234 g/mol. The average Bonchev–Trinajstić information content (AvgIpc) is 2.52. The van der Waals surface area contributed by atoms with Crippen LogP contribution in [0.4, 0.5) is 0 Å². The van der Waals surface area contributed by atoms with Crippen LogP contribution < -0.4 is 5.32 Å². The molecule has 0 bridgehead atoms. The van der Waals surface area contributed by atoms with Crippen molar-refractivity contribution >= 4 is 0 Å². The highest BCUT2D eigenvalue weighted by molar-refractivity contribution is 4.95. The zero-order chi connectivity index (χ0) is 14.3. The molecule has 0 aromatic heterocycles. The smallest absolute Gasteiger partial charge is 0.0672 e. The van der Waals surface area contributed by atoms with Gasteiger partial charge in [-0.2, -0.15) is 5.26 Å². The number of hydrogen-bond acceptors (Lipinski definition) is 3. The highest BCUT2D eigenvalue weighted by atomic mass is 15.1. The third kappa shape index (κ3) is 6.40. The summed E-state index contributed by atoms with van der Waals surface area (Å²) in [5.41, 5.74) is 0. The number of nitriles is 1. The second kappa shape index (κ2) is 8.55. The van der Waals surface area contributed by atoms with Gasteiger partial charge >= 0.3 is 0 Å². The van der Waals surface area contributed by atoms with Crippen LogP contribution in [0.25, 0.3) is 0 Å². The fraction of sp³-hybridized carbons (Fsp3) is 0.938. The molecule has 3 unspecified atom stereocenters. The van der Waals surface area contributed by atoms with Crippen LogP contribution in [-0.2, 0) is 0 Å². The van der Waals surface area contributed by atoms with E-state index in [2.05, 4.69) is 44.2 Å². The molecule has 1 aliphatic rings. The van der Waals surface area contributed by atoms with Gasteiger partial charge in [-0.1, -0.05) is 33.1 Å². The van der Waals surface area contributed by atoms with Gasteiger partial charge in [-0.05, 0) is 39.3 Å². The van der Waals surface area contributed by atoms with E-state index in [1.165, 1.54) is 32.1 Å². The van der Waals surface area contributed by atoms with Crippen molar-refractivity contribution in [2.75, 3.05) is 20.6 Å². The van der Waals surface area contributed by atoms with Crippen molar-refractivity contribution in [2.24, 2.45) is 11.8 Å². The zero-order valence-corrected chi connectivity index (χ0v) is 13.2. The summed E-state index contributed by atoms with van der Waals surface area (Å²) >= 11 is 0. The molecule has 0 radical (unpaired) electrons. The molecule has 1 rings (SSSR count). The van der Waals surface area contributed by atoms with Gasteiger partial charge in [-0.25, -0.2) is 0 Å². The highest BCUT2D eigenvalue weighted by Crippen LogP contribution is 2.24. The molecule has 1 aliphatic carbocycles. The molecule has 3 heteroatoms. The molecule has 0 aliphatic heterocycles. The second-order valence-corrected chi connectivity index (χ2v) is 6.74. The summed E-state index contributed by atoms with van der Waals surface area (Å²) in [6.07, 6.45) is 7.21. The molecule has 0 heterocycles. The third-order valence-corrected chi connectivity index (χ3v) is 3.97. The van der Waals surface area contributed by atoms with Gasteiger partial charge < -0.3 is 10.2 Å². The van der Waals surface area contributed by atoms with Crippen molar-refractivity contribution in [3.05, 3.63) is 0 Å². The second-order valence-electron chi connectivity index (χ2n) is 6.74. The van der Waals surface area contributed by atoms with Gasteiger partial charge in [0.05, 0.1) is 12.0 Å². The molecule has 1 saturated carbocycles. The Kier molecular flexibility index (Phi) is 7.41. The first-order chi connectivity index (χ1) is 9.02. The van der Waals surface area contributed by atoms with Crippen LogP contribution in [0.3, 0.4) is 0 Å². The first-order valence-corrected chi connectivity index (χ1v) is 7.83. The Balaban J connectivity index is 2.61. The van der Waals surface area contributed by atoms with Gasteiger partial charge in [-0.15, -0.1) is 0 Å². The summed E-state index contributed by atoms with van der Waals surface area (Å²) in [7, 11) is 4.26. The lowest BCUT2D eigenvalue weighted by Crippen LogP contribution is -2.47. The van der Waals surface area contributed by atoms with Crippen LogP contribution >= 0.6 is 0 Å². The molecular formula is C16H31N3. The van der Waals surface area contributed by atoms with Gasteiger partial charge in [0.15, 0.2) is 0 Å². The normalized spacial score (nSPS) is 26.2. The van der Waals surface area contributed by atoms with Crippen LogP contribution in [-0.4, -0.2) is 37.6 Å². The lowest BCUT2D eigenvalue weighted by Gasteiger charge is -2.30. The molecule has 1 fully saturated rings. The van der Waals surface area contributed by atoms with Gasteiger partial charge in [0.2, 0.25) is 0 Å². The van der Waals surface area contributed by atoms with Crippen molar-refractivity contribution in [1.82, 2.24) is 10.2 Å². The average molecular weight is 265 g/mol. The zero-order valence-electron chi connectivity index (χ0n) is 13.2. The van der Waals surface area contributed by atoms with Crippen molar-refractivity contribution in [3.63, 3.8) is 0 Å². The Labute approximate surface area is 119 Å². The summed E-state index contributed by atoms with van der Waals surface area (Å²) in [5.74, 6) is 0.906. The molecule has 1 N–H and O–H groups in total.